The van der Waals surface area contributed by atoms with Crippen LogP contribution in [0.5, 0.6) is 0 Å². The van der Waals surface area contributed by atoms with E-state index in [9.17, 15) is 4.39 Å². The number of aryl methyl sites for hydroxylation is 2. The van der Waals surface area contributed by atoms with Gasteiger partial charge < -0.3 is 5.32 Å². The summed E-state index contributed by atoms with van der Waals surface area (Å²) in [5.41, 5.74) is 3.56. The van der Waals surface area contributed by atoms with Gasteiger partial charge in [0.2, 0.25) is 0 Å². The molecule has 0 spiro atoms. The number of aromatic nitrogens is 2. The van der Waals surface area contributed by atoms with Gasteiger partial charge in [-0.05, 0) is 50.1 Å². The van der Waals surface area contributed by atoms with E-state index in [0.717, 1.165) is 23.5 Å². The molecule has 0 aliphatic carbocycles. The molecule has 3 nitrogen and oxygen atoms in total. The molecule has 1 aromatic carbocycles. The number of nitrogens with one attached hydrogen (secondary N) is 1. The minimum atomic E-state index is -0.160. The Bertz CT molecular complexity index is 584. The lowest BCUT2D eigenvalue weighted by atomic mass is 9.97. The Kier molecular flexibility index (Phi) is 4.79. The molecule has 0 aliphatic rings. The summed E-state index contributed by atoms with van der Waals surface area (Å²) in [6.45, 7) is 6.72. The number of rotatable bonds is 5. The average Bonchev–Trinajstić information content (AvgIpc) is 2.43. The predicted molar refractivity (Wildman–Crippen MR) is 78.0 cm³/mol. The summed E-state index contributed by atoms with van der Waals surface area (Å²) in [7, 11) is 0. The molecule has 4 heteroatoms. The molecule has 1 heterocycles. The minimum absolute atomic E-state index is 0.0473. The maximum atomic E-state index is 13.8. The van der Waals surface area contributed by atoms with Crippen LogP contribution in [0.1, 0.15) is 35.5 Å². The van der Waals surface area contributed by atoms with Crippen molar-refractivity contribution < 1.29 is 4.39 Å². The van der Waals surface area contributed by atoms with Crippen LogP contribution in [0.15, 0.2) is 30.3 Å². The Labute approximate surface area is 119 Å². The fourth-order valence-corrected chi connectivity index (χ4v) is 2.35. The molecule has 20 heavy (non-hydrogen) atoms. The van der Waals surface area contributed by atoms with Crippen molar-refractivity contribution in [3.05, 3.63) is 58.7 Å². The monoisotopic (exact) mass is 273 g/mol. The van der Waals surface area contributed by atoms with Crippen molar-refractivity contribution in [1.82, 2.24) is 15.5 Å². The van der Waals surface area contributed by atoms with Crippen molar-refractivity contribution in [2.24, 2.45) is 0 Å². The number of likely N-dealkylation sites (N-methyl/N-ethyl adjacent to an activating group) is 1. The van der Waals surface area contributed by atoms with Crippen molar-refractivity contribution >= 4 is 0 Å². The highest BCUT2D eigenvalue weighted by Crippen LogP contribution is 2.22. The fraction of sp³-hybridized carbons (Fsp3) is 0.375. The van der Waals surface area contributed by atoms with Crippen LogP contribution in [-0.2, 0) is 6.42 Å². The fourth-order valence-electron chi connectivity index (χ4n) is 2.35. The van der Waals surface area contributed by atoms with E-state index in [2.05, 4.69) is 15.5 Å². The molecule has 106 valence electrons. The van der Waals surface area contributed by atoms with Gasteiger partial charge in [-0.25, -0.2) is 4.39 Å². The zero-order valence-corrected chi connectivity index (χ0v) is 12.2. The normalized spacial score (nSPS) is 12.4. The van der Waals surface area contributed by atoms with Gasteiger partial charge in [0.15, 0.2) is 0 Å². The number of hydrogen-bond acceptors (Lipinski definition) is 3. The van der Waals surface area contributed by atoms with E-state index >= 15 is 0 Å². The Hall–Kier alpha value is -1.81. The van der Waals surface area contributed by atoms with Crippen LogP contribution < -0.4 is 5.32 Å². The summed E-state index contributed by atoms with van der Waals surface area (Å²) in [6, 6.07) is 8.98. The second kappa shape index (κ2) is 6.57. The van der Waals surface area contributed by atoms with Crippen molar-refractivity contribution in [3.8, 4) is 0 Å². The van der Waals surface area contributed by atoms with Crippen LogP contribution in [0, 0.1) is 19.7 Å². The summed E-state index contributed by atoms with van der Waals surface area (Å²) in [6.07, 6.45) is 0.604. The lowest BCUT2D eigenvalue weighted by molar-refractivity contribution is 0.522. The second-order valence-corrected chi connectivity index (χ2v) is 4.93. The molecule has 0 aliphatic heterocycles. The molecule has 0 amide bonds. The van der Waals surface area contributed by atoms with Gasteiger partial charge >= 0.3 is 0 Å². The molecule has 0 saturated heterocycles. The molecule has 2 rings (SSSR count). The maximum Gasteiger partial charge on any atom is 0.126 e. The maximum absolute atomic E-state index is 13.8. The van der Waals surface area contributed by atoms with Crippen molar-refractivity contribution in [1.29, 1.82) is 0 Å². The summed E-state index contributed by atoms with van der Waals surface area (Å²) in [5.74, 6) is -0.160. The van der Waals surface area contributed by atoms with Gasteiger partial charge in [-0.2, -0.15) is 10.2 Å². The lowest BCUT2D eigenvalue weighted by Crippen LogP contribution is -2.24. The largest absolute Gasteiger partial charge is 0.310 e. The van der Waals surface area contributed by atoms with E-state index in [4.69, 9.17) is 0 Å². The zero-order valence-electron chi connectivity index (χ0n) is 12.2. The van der Waals surface area contributed by atoms with Crippen LogP contribution in [0.3, 0.4) is 0 Å². The van der Waals surface area contributed by atoms with Gasteiger partial charge in [0.1, 0.15) is 5.82 Å². The summed E-state index contributed by atoms with van der Waals surface area (Å²) < 4.78 is 13.8. The van der Waals surface area contributed by atoms with Crippen molar-refractivity contribution in [2.45, 2.75) is 33.2 Å². The molecule has 0 fully saturated rings. The SMILES string of the molecule is CCNC(Cc1ccccc1F)c1cc(C)nnc1C. The third-order valence-corrected chi connectivity index (χ3v) is 3.35. The zero-order chi connectivity index (χ0) is 14.5. The Balaban J connectivity index is 2.32. The first-order valence-electron chi connectivity index (χ1n) is 6.89. The smallest absolute Gasteiger partial charge is 0.126 e. The molecule has 0 radical (unpaired) electrons. The molecule has 2 aromatic rings. The van der Waals surface area contributed by atoms with Crippen LogP contribution in [0.2, 0.25) is 0 Å². The van der Waals surface area contributed by atoms with Crippen LogP contribution >= 0.6 is 0 Å². The van der Waals surface area contributed by atoms with Gasteiger partial charge in [-0.15, -0.1) is 0 Å². The molecule has 0 saturated carbocycles. The molecule has 1 unspecified atom stereocenters. The van der Waals surface area contributed by atoms with Crippen molar-refractivity contribution in [2.75, 3.05) is 6.54 Å². The highest BCUT2D eigenvalue weighted by Gasteiger charge is 2.16. The minimum Gasteiger partial charge on any atom is -0.310 e. The number of halogens is 1. The van der Waals surface area contributed by atoms with Crippen LogP contribution in [-0.4, -0.2) is 16.7 Å². The second-order valence-electron chi connectivity index (χ2n) is 4.93. The first kappa shape index (κ1) is 14.6. The van der Waals surface area contributed by atoms with E-state index in [1.165, 1.54) is 6.07 Å². The van der Waals surface area contributed by atoms with E-state index < -0.39 is 0 Å². The summed E-state index contributed by atoms with van der Waals surface area (Å²) in [5, 5.41) is 11.6. The van der Waals surface area contributed by atoms with Gasteiger partial charge in [0.05, 0.1) is 11.4 Å². The number of benzene rings is 1. The highest BCUT2D eigenvalue weighted by molar-refractivity contribution is 5.27. The Morgan fingerprint density at radius 3 is 2.65 bits per heavy atom. The van der Waals surface area contributed by atoms with Crippen LogP contribution in [0.4, 0.5) is 4.39 Å². The predicted octanol–water partition coefficient (Wildman–Crippen LogP) is 3.13. The standard InChI is InChI=1S/C16H20FN3/c1-4-18-16(10-13-7-5-6-8-15(13)17)14-9-11(2)19-20-12(14)3/h5-9,16,18H,4,10H2,1-3H3. The van der Waals surface area contributed by atoms with Gasteiger partial charge in [0, 0.05) is 6.04 Å². The summed E-state index contributed by atoms with van der Waals surface area (Å²) >= 11 is 0. The van der Waals surface area contributed by atoms with E-state index in [-0.39, 0.29) is 11.9 Å². The van der Waals surface area contributed by atoms with E-state index in [0.29, 0.717) is 12.0 Å². The van der Waals surface area contributed by atoms with Crippen LogP contribution in [0.25, 0.3) is 0 Å². The first-order chi connectivity index (χ1) is 9.61. The topological polar surface area (TPSA) is 37.8 Å². The van der Waals surface area contributed by atoms with Gasteiger partial charge in [0.25, 0.3) is 0 Å². The molecule has 1 aromatic heterocycles. The molecule has 0 bridgehead atoms. The number of nitrogens with zero attached hydrogens (tertiary/aromatic N) is 2. The Morgan fingerprint density at radius 2 is 1.95 bits per heavy atom. The first-order valence-corrected chi connectivity index (χ1v) is 6.89. The molecular formula is C16H20FN3. The lowest BCUT2D eigenvalue weighted by Gasteiger charge is -2.20. The highest BCUT2D eigenvalue weighted by atomic mass is 19.1. The third-order valence-electron chi connectivity index (χ3n) is 3.35. The van der Waals surface area contributed by atoms with Gasteiger partial charge in [-0.3, -0.25) is 0 Å². The molecule has 1 atom stereocenters. The molecule has 1 N–H and O–H groups in total. The third kappa shape index (κ3) is 3.39. The van der Waals surface area contributed by atoms with E-state index in [1.54, 1.807) is 6.07 Å². The van der Waals surface area contributed by atoms with Gasteiger partial charge in [-0.1, -0.05) is 25.1 Å². The summed E-state index contributed by atoms with van der Waals surface area (Å²) in [4.78, 5) is 0. The average molecular weight is 273 g/mol. The quantitative estimate of drug-likeness (QED) is 0.909. The Morgan fingerprint density at radius 1 is 1.20 bits per heavy atom. The number of hydrogen-bond donors (Lipinski definition) is 1. The van der Waals surface area contributed by atoms with E-state index in [1.807, 2.05) is 39.0 Å². The van der Waals surface area contributed by atoms with Crippen molar-refractivity contribution in [3.63, 3.8) is 0 Å². The molecular weight excluding hydrogens is 253 g/mol.